The molecule has 0 spiro atoms. The molecule has 0 aliphatic heterocycles. The van der Waals surface area contributed by atoms with Crippen molar-refractivity contribution in [2.75, 3.05) is 6.67 Å². The van der Waals surface area contributed by atoms with Gasteiger partial charge in [-0.15, -0.1) is 11.3 Å². The van der Waals surface area contributed by atoms with Gasteiger partial charge in [0.05, 0.1) is 12.1 Å². The molecule has 2 aromatic rings. The van der Waals surface area contributed by atoms with E-state index in [1.807, 2.05) is 17.5 Å². The molecule has 0 amide bonds. The molecule has 1 aromatic heterocycles. The summed E-state index contributed by atoms with van der Waals surface area (Å²) in [6.45, 7) is -0.741. The Balaban J connectivity index is 2.18. The number of alkyl halides is 1. The molecule has 0 bridgehead atoms. The summed E-state index contributed by atoms with van der Waals surface area (Å²) in [6, 6.07) is 6.32. The first kappa shape index (κ1) is 12.2. The van der Waals surface area contributed by atoms with Crippen molar-refractivity contribution in [1.82, 2.24) is 4.98 Å². The monoisotopic (exact) mass is 252 g/mol. The molecule has 17 heavy (non-hydrogen) atoms. The Morgan fingerprint density at radius 3 is 2.59 bits per heavy atom. The van der Waals surface area contributed by atoms with Crippen LogP contribution in [-0.2, 0) is 0 Å². The van der Waals surface area contributed by atoms with Gasteiger partial charge in [-0.2, -0.15) is 0 Å². The van der Waals surface area contributed by atoms with Crippen LogP contribution < -0.4 is 5.73 Å². The Labute approximate surface area is 103 Å². The minimum Gasteiger partial charge on any atom is -0.387 e. The maximum Gasteiger partial charge on any atom is 0.123 e. The first-order valence-corrected chi connectivity index (χ1v) is 6.10. The average molecular weight is 252 g/mol. The van der Waals surface area contributed by atoms with Crippen molar-refractivity contribution in [2.24, 2.45) is 5.73 Å². The fourth-order valence-electron chi connectivity index (χ4n) is 1.52. The molecule has 0 saturated carbocycles. The van der Waals surface area contributed by atoms with Gasteiger partial charge >= 0.3 is 0 Å². The van der Waals surface area contributed by atoms with Crippen LogP contribution in [0.4, 0.5) is 4.39 Å². The van der Waals surface area contributed by atoms with Crippen LogP contribution in [0.3, 0.4) is 0 Å². The topological polar surface area (TPSA) is 59.1 Å². The Morgan fingerprint density at radius 2 is 2.06 bits per heavy atom. The minimum atomic E-state index is -0.967. The normalized spacial score (nSPS) is 14.5. The quantitative estimate of drug-likeness (QED) is 0.876. The standard InChI is InChI=1S/C12H13FN2OS/c13-7-10(14)11(16)8-1-3-9(4-2-8)12-15-5-6-17-12/h1-6,10-11,16H,7,14H2/t10-,11-/m1/s1. The lowest BCUT2D eigenvalue weighted by atomic mass is 10.0. The minimum absolute atomic E-state index is 0.621. The van der Waals surface area contributed by atoms with E-state index < -0.39 is 18.8 Å². The molecule has 0 radical (unpaired) electrons. The number of benzene rings is 1. The Morgan fingerprint density at radius 1 is 1.35 bits per heavy atom. The van der Waals surface area contributed by atoms with Crippen molar-refractivity contribution in [3.05, 3.63) is 41.4 Å². The predicted molar refractivity (Wildman–Crippen MR) is 66.5 cm³/mol. The SMILES string of the molecule is N[C@H](CF)[C@H](O)c1ccc(-c2nccs2)cc1. The smallest absolute Gasteiger partial charge is 0.123 e. The molecular weight excluding hydrogens is 239 g/mol. The molecule has 0 saturated heterocycles. The molecule has 1 aromatic carbocycles. The molecular formula is C12H13FN2OS. The van der Waals surface area contributed by atoms with Gasteiger partial charge in [-0.25, -0.2) is 9.37 Å². The van der Waals surface area contributed by atoms with Gasteiger partial charge in [-0.05, 0) is 5.56 Å². The van der Waals surface area contributed by atoms with E-state index in [9.17, 15) is 9.50 Å². The molecule has 3 N–H and O–H groups in total. The van der Waals surface area contributed by atoms with E-state index in [1.165, 1.54) is 0 Å². The van der Waals surface area contributed by atoms with Crippen LogP contribution in [0.5, 0.6) is 0 Å². The first-order chi connectivity index (χ1) is 8.22. The second-order valence-electron chi connectivity index (χ2n) is 3.72. The van der Waals surface area contributed by atoms with E-state index in [1.54, 1.807) is 29.7 Å². The third-order valence-corrected chi connectivity index (χ3v) is 3.34. The van der Waals surface area contributed by atoms with Gasteiger partial charge in [-0.1, -0.05) is 24.3 Å². The van der Waals surface area contributed by atoms with Gasteiger partial charge in [0.2, 0.25) is 0 Å². The third-order valence-electron chi connectivity index (χ3n) is 2.52. The summed E-state index contributed by atoms with van der Waals surface area (Å²) in [5.74, 6) is 0. The van der Waals surface area contributed by atoms with Gasteiger partial charge in [0, 0.05) is 17.1 Å². The molecule has 3 nitrogen and oxygen atoms in total. The van der Waals surface area contributed by atoms with Gasteiger partial charge < -0.3 is 10.8 Å². The molecule has 0 unspecified atom stereocenters. The first-order valence-electron chi connectivity index (χ1n) is 5.22. The van der Waals surface area contributed by atoms with E-state index in [0.717, 1.165) is 10.6 Å². The van der Waals surface area contributed by atoms with E-state index in [4.69, 9.17) is 5.73 Å². The number of aliphatic hydroxyl groups is 1. The van der Waals surface area contributed by atoms with E-state index in [0.29, 0.717) is 5.56 Å². The van der Waals surface area contributed by atoms with Crippen LogP contribution in [0, 0.1) is 0 Å². The number of thiazole rings is 1. The number of aromatic nitrogens is 1. The summed E-state index contributed by atoms with van der Waals surface area (Å²) in [5, 5.41) is 12.5. The van der Waals surface area contributed by atoms with Crippen molar-refractivity contribution in [3.63, 3.8) is 0 Å². The van der Waals surface area contributed by atoms with Crippen LogP contribution in [0.25, 0.3) is 10.6 Å². The highest BCUT2D eigenvalue weighted by molar-refractivity contribution is 7.13. The fraction of sp³-hybridized carbons (Fsp3) is 0.250. The summed E-state index contributed by atoms with van der Waals surface area (Å²) in [5.41, 5.74) is 7.04. The largest absolute Gasteiger partial charge is 0.387 e. The van der Waals surface area contributed by atoms with Crippen molar-refractivity contribution < 1.29 is 9.50 Å². The van der Waals surface area contributed by atoms with E-state index in [-0.39, 0.29) is 0 Å². The van der Waals surface area contributed by atoms with Crippen LogP contribution >= 0.6 is 11.3 Å². The number of aliphatic hydroxyl groups excluding tert-OH is 1. The maximum absolute atomic E-state index is 12.3. The summed E-state index contributed by atoms with van der Waals surface area (Å²) in [6.07, 6.45) is 0.771. The van der Waals surface area contributed by atoms with Crippen LogP contribution in [-0.4, -0.2) is 22.8 Å². The average Bonchev–Trinajstić information content (AvgIpc) is 2.91. The van der Waals surface area contributed by atoms with Gasteiger partial charge in [-0.3, -0.25) is 0 Å². The summed E-state index contributed by atoms with van der Waals surface area (Å²) in [4.78, 5) is 4.18. The summed E-state index contributed by atoms with van der Waals surface area (Å²) in [7, 11) is 0. The zero-order valence-electron chi connectivity index (χ0n) is 9.08. The second kappa shape index (κ2) is 5.35. The second-order valence-corrected chi connectivity index (χ2v) is 4.62. The molecule has 90 valence electrons. The zero-order valence-corrected chi connectivity index (χ0v) is 9.90. The Kier molecular flexibility index (Phi) is 3.83. The molecule has 2 atom stereocenters. The number of halogens is 1. The lowest BCUT2D eigenvalue weighted by Crippen LogP contribution is -2.30. The number of hydrogen-bond donors (Lipinski definition) is 2. The fourth-order valence-corrected chi connectivity index (χ4v) is 2.16. The molecule has 2 rings (SSSR count). The van der Waals surface area contributed by atoms with Gasteiger partial charge in [0.1, 0.15) is 11.7 Å². The highest BCUT2D eigenvalue weighted by Gasteiger charge is 2.16. The molecule has 0 fully saturated rings. The number of nitrogens with zero attached hydrogens (tertiary/aromatic N) is 1. The van der Waals surface area contributed by atoms with Crippen molar-refractivity contribution >= 4 is 11.3 Å². The van der Waals surface area contributed by atoms with Crippen LogP contribution in [0.15, 0.2) is 35.8 Å². The van der Waals surface area contributed by atoms with E-state index >= 15 is 0 Å². The lowest BCUT2D eigenvalue weighted by molar-refractivity contribution is 0.132. The third kappa shape index (κ3) is 2.69. The Hall–Kier alpha value is -1.30. The highest BCUT2D eigenvalue weighted by Crippen LogP contribution is 2.24. The Bertz CT molecular complexity index is 458. The van der Waals surface area contributed by atoms with Crippen molar-refractivity contribution in [3.8, 4) is 10.6 Å². The summed E-state index contributed by atoms with van der Waals surface area (Å²) < 4.78 is 12.3. The number of hydrogen-bond acceptors (Lipinski definition) is 4. The van der Waals surface area contributed by atoms with Crippen LogP contribution in [0.2, 0.25) is 0 Å². The molecule has 5 heteroatoms. The van der Waals surface area contributed by atoms with E-state index in [2.05, 4.69) is 4.98 Å². The maximum atomic E-state index is 12.3. The number of nitrogens with two attached hydrogens (primary N) is 1. The van der Waals surface area contributed by atoms with Crippen LogP contribution in [0.1, 0.15) is 11.7 Å². The predicted octanol–water partition coefficient (Wildman–Crippen LogP) is 2.14. The van der Waals surface area contributed by atoms with Crippen molar-refractivity contribution in [1.29, 1.82) is 0 Å². The highest BCUT2D eigenvalue weighted by atomic mass is 32.1. The van der Waals surface area contributed by atoms with Gasteiger partial charge in [0.15, 0.2) is 0 Å². The molecule has 1 heterocycles. The molecule has 0 aliphatic carbocycles. The zero-order chi connectivity index (χ0) is 12.3. The number of rotatable bonds is 4. The summed E-state index contributed by atoms with van der Waals surface area (Å²) >= 11 is 1.54. The van der Waals surface area contributed by atoms with Crippen molar-refractivity contribution in [2.45, 2.75) is 12.1 Å². The molecule has 0 aliphatic rings. The lowest BCUT2D eigenvalue weighted by Gasteiger charge is -2.16. The van der Waals surface area contributed by atoms with Gasteiger partial charge in [0.25, 0.3) is 0 Å².